The number of hydrogen-bond donors (Lipinski definition) is 4. The molecule has 19 heavy (non-hydrogen) atoms. The Bertz CT molecular complexity index is 344. The van der Waals surface area contributed by atoms with Crippen molar-refractivity contribution in [1.29, 1.82) is 0 Å². The van der Waals surface area contributed by atoms with E-state index in [-0.39, 0.29) is 18.9 Å². The van der Waals surface area contributed by atoms with E-state index in [1.54, 1.807) is 11.8 Å². The third-order valence-corrected chi connectivity index (χ3v) is 3.96. The lowest BCUT2D eigenvalue weighted by Crippen LogP contribution is -2.50. The van der Waals surface area contributed by atoms with Crippen LogP contribution in [0, 0.1) is 0 Å². The second-order valence-electron chi connectivity index (χ2n) is 4.36. The van der Waals surface area contributed by atoms with Gasteiger partial charge in [-0.3, -0.25) is 4.79 Å². The smallest absolute Gasteiger partial charge is 0.326 e. The normalized spacial score (nSPS) is 20.3. The molecule has 2 atom stereocenters. The molecule has 8 heteroatoms. The predicted molar refractivity (Wildman–Crippen MR) is 70.3 cm³/mol. The van der Waals surface area contributed by atoms with E-state index in [1.165, 1.54) is 0 Å². The zero-order chi connectivity index (χ0) is 14.3. The highest BCUT2D eigenvalue weighted by atomic mass is 32.2. The highest BCUT2D eigenvalue weighted by Crippen LogP contribution is 2.16. The molecular formula is C11H18N2O5S. The summed E-state index contributed by atoms with van der Waals surface area (Å²) in [6.45, 7) is 0. The molecule has 0 aromatic carbocycles. The van der Waals surface area contributed by atoms with Crippen molar-refractivity contribution in [3.63, 3.8) is 0 Å². The average molecular weight is 290 g/mol. The zero-order valence-electron chi connectivity index (χ0n) is 10.4. The third kappa shape index (κ3) is 6.32. The molecule has 0 bridgehead atoms. The minimum absolute atomic E-state index is 0.0488. The molecule has 1 aliphatic heterocycles. The number of aliphatic carboxylic acids is 2. The Kier molecular flexibility index (Phi) is 6.48. The number of carbonyl (C=O) groups excluding carboxylic acids is 1. The number of carboxylic acids is 2. The number of nitrogens with one attached hydrogen (secondary N) is 2. The topological polar surface area (TPSA) is 116 Å². The van der Waals surface area contributed by atoms with Crippen LogP contribution in [-0.4, -0.2) is 51.8 Å². The summed E-state index contributed by atoms with van der Waals surface area (Å²) in [5.74, 6) is -0.414. The summed E-state index contributed by atoms with van der Waals surface area (Å²) in [7, 11) is 0. The van der Waals surface area contributed by atoms with Gasteiger partial charge < -0.3 is 20.8 Å². The van der Waals surface area contributed by atoms with Crippen molar-refractivity contribution in [2.24, 2.45) is 0 Å². The van der Waals surface area contributed by atoms with Gasteiger partial charge in [0.15, 0.2) is 0 Å². The highest BCUT2D eigenvalue weighted by molar-refractivity contribution is 7.99. The van der Waals surface area contributed by atoms with Crippen LogP contribution in [0.1, 0.15) is 25.7 Å². The fraction of sp³-hybridized carbons (Fsp3) is 0.727. The molecule has 0 aromatic heterocycles. The van der Waals surface area contributed by atoms with Crippen molar-refractivity contribution >= 4 is 29.7 Å². The van der Waals surface area contributed by atoms with Crippen molar-refractivity contribution in [2.75, 3.05) is 11.5 Å². The van der Waals surface area contributed by atoms with Gasteiger partial charge in [-0.25, -0.2) is 9.59 Å². The van der Waals surface area contributed by atoms with E-state index < -0.39 is 24.0 Å². The van der Waals surface area contributed by atoms with E-state index in [0.29, 0.717) is 0 Å². The Morgan fingerprint density at radius 2 is 2.05 bits per heavy atom. The summed E-state index contributed by atoms with van der Waals surface area (Å²) < 4.78 is 0. The molecule has 0 spiro atoms. The third-order valence-electron chi connectivity index (χ3n) is 2.75. The van der Waals surface area contributed by atoms with Gasteiger partial charge in [0.25, 0.3) is 0 Å². The van der Waals surface area contributed by atoms with Crippen LogP contribution in [0.5, 0.6) is 0 Å². The van der Waals surface area contributed by atoms with Crippen LogP contribution < -0.4 is 10.6 Å². The predicted octanol–water partition coefficient (Wildman–Crippen LogP) is 0.499. The van der Waals surface area contributed by atoms with Gasteiger partial charge in [-0.05, 0) is 25.0 Å². The number of rotatable bonds is 6. The molecule has 108 valence electrons. The quantitative estimate of drug-likeness (QED) is 0.566. The van der Waals surface area contributed by atoms with Gasteiger partial charge in [0.05, 0.1) is 0 Å². The standard InChI is InChI=1S/C11H18N2O5S/c14-9(15)4-3-8(10(16)17)13-11(18)12-7-2-1-5-19-6-7/h7-8H,1-6H2,(H,14,15)(H,16,17)(H2,12,13,18)/t7?,8-/m0/s1. The number of thioether (sulfide) groups is 1. The number of carbonyl (C=O) groups is 3. The number of amides is 2. The van der Waals surface area contributed by atoms with Crippen LogP contribution in [0.2, 0.25) is 0 Å². The lowest BCUT2D eigenvalue weighted by molar-refractivity contribution is -0.140. The van der Waals surface area contributed by atoms with Crippen LogP contribution in [0.25, 0.3) is 0 Å². The maximum absolute atomic E-state index is 11.6. The Labute approximate surface area is 115 Å². The Morgan fingerprint density at radius 1 is 1.32 bits per heavy atom. The molecule has 1 rings (SSSR count). The van der Waals surface area contributed by atoms with Crippen molar-refractivity contribution in [3.8, 4) is 0 Å². The Hall–Kier alpha value is -1.44. The highest BCUT2D eigenvalue weighted by Gasteiger charge is 2.22. The largest absolute Gasteiger partial charge is 0.481 e. The molecule has 2 amide bonds. The van der Waals surface area contributed by atoms with Gasteiger partial charge in [0.2, 0.25) is 0 Å². The molecule has 0 aromatic rings. The molecule has 1 saturated heterocycles. The first kappa shape index (κ1) is 15.6. The summed E-state index contributed by atoms with van der Waals surface area (Å²) in [6, 6.07) is -1.68. The fourth-order valence-electron chi connectivity index (χ4n) is 1.77. The van der Waals surface area contributed by atoms with Gasteiger partial charge >= 0.3 is 18.0 Å². The van der Waals surface area contributed by atoms with Crippen LogP contribution in [0.3, 0.4) is 0 Å². The maximum atomic E-state index is 11.6. The van der Waals surface area contributed by atoms with Crippen LogP contribution >= 0.6 is 11.8 Å². The second-order valence-corrected chi connectivity index (χ2v) is 5.50. The summed E-state index contributed by atoms with van der Waals surface area (Å²) in [5.41, 5.74) is 0. The number of hydrogen-bond acceptors (Lipinski definition) is 4. The van der Waals surface area contributed by atoms with E-state index in [9.17, 15) is 14.4 Å². The molecule has 1 heterocycles. The molecule has 0 aliphatic carbocycles. The molecule has 0 radical (unpaired) electrons. The van der Waals surface area contributed by atoms with Gasteiger partial charge in [-0.15, -0.1) is 0 Å². The number of carboxylic acid groups (broad SMARTS) is 2. The minimum Gasteiger partial charge on any atom is -0.481 e. The SMILES string of the molecule is O=C(O)CC[C@H](NC(=O)NC1CCCSC1)C(=O)O. The van der Waals surface area contributed by atoms with E-state index in [1.807, 2.05) is 0 Å². The van der Waals surface area contributed by atoms with E-state index in [0.717, 1.165) is 24.3 Å². The molecule has 7 nitrogen and oxygen atoms in total. The Balaban J connectivity index is 2.37. The fourth-order valence-corrected chi connectivity index (χ4v) is 2.84. The number of urea groups is 1. The van der Waals surface area contributed by atoms with Crippen molar-refractivity contribution < 1.29 is 24.6 Å². The maximum Gasteiger partial charge on any atom is 0.326 e. The van der Waals surface area contributed by atoms with Crippen LogP contribution in [0.4, 0.5) is 4.79 Å². The first-order valence-corrected chi connectivity index (χ1v) is 7.24. The van der Waals surface area contributed by atoms with E-state index >= 15 is 0 Å². The first-order chi connectivity index (χ1) is 8.99. The summed E-state index contributed by atoms with van der Waals surface area (Å²) in [4.78, 5) is 32.9. The zero-order valence-corrected chi connectivity index (χ0v) is 11.2. The lowest BCUT2D eigenvalue weighted by atomic mass is 10.1. The summed E-state index contributed by atoms with van der Waals surface area (Å²) in [5, 5.41) is 22.4. The molecule has 1 aliphatic rings. The van der Waals surface area contributed by atoms with Gasteiger partial charge in [-0.2, -0.15) is 11.8 Å². The van der Waals surface area contributed by atoms with Crippen molar-refractivity contribution in [1.82, 2.24) is 10.6 Å². The molecule has 4 N–H and O–H groups in total. The van der Waals surface area contributed by atoms with Crippen molar-refractivity contribution in [3.05, 3.63) is 0 Å². The van der Waals surface area contributed by atoms with E-state index in [2.05, 4.69) is 10.6 Å². The first-order valence-electron chi connectivity index (χ1n) is 6.08. The average Bonchev–Trinajstić information content (AvgIpc) is 2.35. The molecule has 1 unspecified atom stereocenters. The second kappa shape index (κ2) is 7.88. The summed E-state index contributed by atoms with van der Waals surface area (Å²) in [6.07, 6.45) is 1.48. The van der Waals surface area contributed by atoms with E-state index in [4.69, 9.17) is 10.2 Å². The van der Waals surface area contributed by atoms with Gasteiger partial charge in [-0.1, -0.05) is 0 Å². The molecule has 1 fully saturated rings. The molecular weight excluding hydrogens is 272 g/mol. The van der Waals surface area contributed by atoms with Crippen LogP contribution in [-0.2, 0) is 9.59 Å². The van der Waals surface area contributed by atoms with Crippen molar-refractivity contribution in [2.45, 2.75) is 37.8 Å². The summed E-state index contributed by atoms with van der Waals surface area (Å²) >= 11 is 1.75. The lowest BCUT2D eigenvalue weighted by Gasteiger charge is -2.23. The van der Waals surface area contributed by atoms with Gasteiger partial charge in [0, 0.05) is 18.2 Å². The van der Waals surface area contributed by atoms with Crippen LogP contribution in [0.15, 0.2) is 0 Å². The van der Waals surface area contributed by atoms with Gasteiger partial charge in [0.1, 0.15) is 6.04 Å². The Morgan fingerprint density at radius 3 is 2.58 bits per heavy atom. The minimum atomic E-state index is -1.23. The molecule has 0 saturated carbocycles. The monoisotopic (exact) mass is 290 g/mol.